The Morgan fingerprint density at radius 3 is 2.53 bits per heavy atom. The van der Waals surface area contributed by atoms with Crippen LogP contribution >= 0.6 is 0 Å². The number of nitrogens with one attached hydrogen (secondary N) is 2. The van der Waals surface area contributed by atoms with E-state index in [2.05, 4.69) is 5.32 Å². The maximum Gasteiger partial charge on any atom is 0.255 e. The van der Waals surface area contributed by atoms with E-state index in [1.54, 1.807) is 18.2 Å². The molecule has 0 unspecified atom stereocenters. The Hall–Kier alpha value is -2.69. The van der Waals surface area contributed by atoms with Crippen LogP contribution in [-0.2, 0) is 0 Å². The van der Waals surface area contributed by atoms with E-state index in [1.807, 2.05) is 0 Å². The number of anilines is 2. The first-order valence-corrected chi connectivity index (χ1v) is 5.57. The van der Waals surface area contributed by atoms with E-state index in [0.29, 0.717) is 22.5 Å². The summed E-state index contributed by atoms with van der Waals surface area (Å²) in [5.74, 6) is -0.740. The Kier molecular flexibility index (Phi) is 3.56. The van der Waals surface area contributed by atoms with Crippen molar-refractivity contribution in [1.82, 2.24) is 0 Å². The molecule has 2 aromatic rings. The van der Waals surface area contributed by atoms with Gasteiger partial charge in [-0.3, -0.25) is 4.79 Å². The third-order valence-electron chi connectivity index (χ3n) is 2.61. The molecule has 0 aromatic heterocycles. The highest BCUT2D eigenvalue weighted by atomic mass is 19.1. The first kappa shape index (κ1) is 12.8. The van der Waals surface area contributed by atoms with Crippen molar-refractivity contribution in [2.45, 2.75) is 0 Å². The minimum atomic E-state index is -0.393. The second-order valence-corrected chi connectivity index (χ2v) is 3.95. The number of nitrogen functional groups attached to an aromatic ring is 1. The predicted molar refractivity (Wildman–Crippen MR) is 73.1 cm³/mol. The van der Waals surface area contributed by atoms with E-state index >= 15 is 0 Å². The largest absolute Gasteiger partial charge is 0.398 e. The van der Waals surface area contributed by atoms with Crippen molar-refractivity contribution in [1.29, 1.82) is 5.41 Å². The lowest BCUT2D eigenvalue weighted by Crippen LogP contribution is -2.12. The van der Waals surface area contributed by atoms with Crippen molar-refractivity contribution in [2.75, 3.05) is 11.1 Å². The Bertz CT molecular complexity index is 623. The van der Waals surface area contributed by atoms with Crippen molar-refractivity contribution in [3.8, 4) is 0 Å². The standard InChI is InChI=1S/C14H12FN3O/c15-11-3-1-9(2-4-11)14(19)18-12-5-6-13(17)10(7-12)8-16/h1-8,16H,17H2,(H,18,19). The summed E-state index contributed by atoms with van der Waals surface area (Å²) in [5, 5.41) is 9.85. The third kappa shape index (κ3) is 2.95. The number of nitrogens with two attached hydrogens (primary N) is 1. The smallest absolute Gasteiger partial charge is 0.255 e. The zero-order chi connectivity index (χ0) is 13.8. The molecule has 0 aliphatic heterocycles. The summed E-state index contributed by atoms with van der Waals surface area (Å²) >= 11 is 0. The van der Waals surface area contributed by atoms with Crippen LogP contribution in [0, 0.1) is 11.2 Å². The average Bonchev–Trinajstić information content (AvgIpc) is 2.41. The summed E-state index contributed by atoms with van der Waals surface area (Å²) < 4.78 is 12.7. The summed E-state index contributed by atoms with van der Waals surface area (Å²) in [6.45, 7) is 0. The molecule has 0 aliphatic rings. The highest BCUT2D eigenvalue weighted by Crippen LogP contribution is 2.17. The number of amides is 1. The van der Waals surface area contributed by atoms with Gasteiger partial charge in [-0.25, -0.2) is 4.39 Å². The number of hydrogen-bond acceptors (Lipinski definition) is 3. The Balaban J connectivity index is 2.19. The van der Waals surface area contributed by atoms with Crippen molar-refractivity contribution in [3.63, 3.8) is 0 Å². The van der Waals surface area contributed by atoms with Gasteiger partial charge in [0.05, 0.1) is 0 Å². The first-order valence-electron chi connectivity index (χ1n) is 5.57. The van der Waals surface area contributed by atoms with Crippen LogP contribution in [0.15, 0.2) is 42.5 Å². The maximum atomic E-state index is 12.7. The summed E-state index contributed by atoms with van der Waals surface area (Å²) in [5.41, 5.74) is 7.53. The Morgan fingerprint density at radius 2 is 1.89 bits per heavy atom. The number of carbonyl (C=O) groups is 1. The van der Waals surface area contributed by atoms with E-state index in [9.17, 15) is 9.18 Å². The van der Waals surface area contributed by atoms with Crippen LogP contribution in [0.3, 0.4) is 0 Å². The molecule has 19 heavy (non-hydrogen) atoms. The summed E-state index contributed by atoms with van der Waals surface area (Å²) in [6, 6.07) is 10.1. The number of halogens is 1. The van der Waals surface area contributed by atoms with Crippen molar-refractivity contribution < 1.29 is 9.18 Å². The molecule has 2 rings (SSSR count). The molecule has 2 aromatic carbocycles. The van der Waals surface area contributed by atoms with Crippen molar-refractivity contribution in [2.24, 2.45) is 0 Å². The zero-order valence-electron chi connectivity index (χ0n) is 9.98. The van der Waals surface area contributed by atoms with Gasteiger partial charge in [-0.15, -0.1) is 0 Å². The predicted octanol–water partition coefficient (Wildman–Crippen LogP) is 2.66. The van der Waals surface area contributed by atoms with Crippen LogP contribution in [0.2, 0.25) is 0 Å². The molecular formula is C14H12FN3O. The third-order valence-corrected chi connectivity index (χ3v) is 2.61. The van der Waals surface area contributed by atoms with Crippen molar-refractivity contribution in [3.05, 3.63) is 59.4 Å². The summed E-state index contributed by atoms with van der Waals surface area (Å²) in [4.78, 5) is 11.9. The molecule has 0 heterocycles. The van der Waals surface area contributed by atoms with Gasteiger partial charge >= 0.3 is 0 Å². The van der Waals surface area contributed by atoms with Crippen LogP contribution in [-0.4, -0.2) is 12.1 Å². The van der Waals surface area contributed by atoms with Gasteiger partial charge in [0.2, 0.25) is 0 Å². The monoisotopic (exact) mass is 257 g/mol. The number of benzene rings is 2. The molecule has 0 spiro atoms. The molecule has 0 saturated heterocycles. The summed E-state index contributed by atoms with van der Waals surface area (Å²) in [7, 11) is 0. The molecule has 4 nitrogen and oxygen atoms in total. The van der Waals surface area contributed by atoms with Gasteiger partial charge in [-0.1, -0.05) is 0 Å². The molecule has 5 heteroatoms. The second-order valence-electron chi connectivity index (χ2n) is 3.95. The number of hydrogen-bond donors (Lipinski definition) is 3. The molecule has 4 N–H and O–H groups in total. The average molecular weight is 257 g/mol. The lowest BCUT2D eigenvalue weighted by Gasteiger charge is -2.07. The highest BCUT2D eigenvalue weighted by Gasteiger charge is 2.07. The fourth-order valence-corrected chi connectivity index (χ4v) is 1.58. The maximum absolute atomic E-state index is 12.7. The highest BCUT2D eigenvalue weighted by molar-refractivity contribution is 6.04. The molecular weight excluding hydrogens is 245 g/mol. The molecule has 0 bridgehead atoms. The van der Waals surface area contributed by atoms with Crippen LogP contribution in [0.4, 0.5) is 15.8 Å². The second kappa shape index (κ2) is 5.30. The lowest BCUT2D eigenvalue weighted by atomic mass is 10.1. The van der Waals surface area contributed by atoms with Crippen LogP contribution in [0.5, 0.6) is 0 Å². The van der Waals surface area contributed by atoms with Crippen LogP contribution in [0.1, 0.15) is 15.9 Å². The Morgan fingerprint density at radius 1 is 1.21 bits per heavy atom. The Labute approximate surface area is 109 Å². The molecule has 0 saturated carbocycles. The van der Waals surface area contributed by atoms with Gasteiger partial charge in [-0.2, -0.15) is 0 Å². The van der Waals surface area contributed by atoms with Gasteiger partial charge in [0.1, 0.15) is 5.82 Å². The molecule has 0 atom stereocenters. The van der Waals surface area contributed by atoms with E-state index in [4.69, 9.17) is 11.1 Å². The van der Waals surface area contributed by atoms with Crippen molar-refractivity contribution >= 4 is 23.5 Å². The molecule has 0 aliphatic carbocycles. The van der Waals surface area contributed by atoms with E-state index in [-0.39, 0.29) is 5.91 Å². The van der Waals surface area contributed by atoms with Gasteiger partial charge in [-0.05, 0) is 42.5 Å². The normalized spacial score (nSPS) is 9.95. The van der Waals surface area contributed by atoms with E-state index < -0.39 is 5.82 Å². The van der Waals surface area contributed by atoms with Crippen LogP contribution in [0.25, 0.3) is 0 Å². The molecule has 0 fully saturated rings. The van der Waals surface area contributed by atoms with Gasteiger partial charge in [0.15, 0.2) is 0 Å². The fraction of sp³-hybridized carbons (Fsp3) is 0. The molecule has 1 amide bonds. The number of carbonyl (C=O) groups excluding carboxylic acids is 1. The van der Waals surface area contributed by atoms with E-state index in [1.165, 1.54) is 24.3 Å². The minimum Gasteiger partial charge on any atom is -0.398 e. The van der Waals surface area contributed by atoms with Crippen LogP contribution < -0.4 is 11.1 Å². The summed E-state index contributed by atoms with van der Waals surface area (Å²) in [6.07, 6.45) is 1.11. The zero-order valence-corrected chi connectivity index (χ0v) is 9.98. The van der Waals surface area contributed by atoms with Gasteiger partial charge in [0, 0.05) is 28.7 Å². The number of rotatable bonds is 3. The van der Waals surface area contributed by atoms with Gasteiger partial charge < -0.3 is 16.5 Å². The lowest BCUT2D eigenvalue weighted by molar-refractivity contribution is 0.102. The molecule has 0 radical (unpaired) electrons. The quantitative estimate of drug-likeness (QED) is 0.583. The minimum absolute atomic E-state index is 0.347. The van der Waals surface area contributed by atoms with Gasteiger partial charge in [0.25, 0.3) is 5.91 Å². The van der Waals surface area contributed by atoms with E-state index in [0.717, 1.165) is 6.21 Å². The fourth-order valence-electron chi connectivity index (χ4n) is 1.58. The topological polar surface area (TPSA) is 79.0 Å². The first-order chi connectivity index (χ1) is 9.10. The molecule has 96 valence electrons. The SMILES string of the molecule is N=Cc1cc(NC(=O)c2ccc(F)cc2)ccc1N.